The van der Waals surface area contributed by atoms with Crippen molar-refractivity contribution >= 4 is 15.9 Å². The minimum absolute atomic E-state index is 0.0527. The lowest BCUT2D eigenvalue weighted by Crippen LogP contribution is -2.40. The van der Waals surface area contributed by atoms with E-state index in [4.69, 9.17) is 4.52 Å². The Morgan fingerprint density at radius 3 is 2.80 bits per heavy atom. The Kier molecular flexibility index (Phi) is 6.07. The van der Waals surface area contributed by atoms with Crippen LogP contribution >= 0.6 is 0 Å². The van der Waals surface area contributed by atoms with Gasteiger partial charge in [0.1, 0.15) is 11.7 Å². The molecule has 0 unspecified atom stereocenters. The molecule has 2 aromatic rings. The highest BCUT2D eigenvalue weighted by atomic mass is 32.2. The van der Waals surface area contributed by atoms with Gasteiger partial charge in [-0.05, 0) is 19.1 Å². The van der Waals surface area contributed by atoms with E-state index >= 15 is 0 Å². The third kappa shape index (κ3) is 5.24. The van der Waals surface area contributed by atoms with Crippen LogP contribution in [0.2, 0.25) is 0 Å². The highest BCUT2D eigenvalue weighted by Gasteiger charge is 2.20. The molecular formula is C15H21N5O4S. The fraction of sp³-hybridized carbons (Fsp3) is 0.467. The molecule has 136 valence electrons. The minimum Gasteiger partial charge on any atom is -0.337 e. The summed E-state index contributed by atoms with van der Waals surface area (Å²) in [5.74, 6) is 0.547. The minimum atomic E-state index is -3.13. The van der Waals surface area contributed by atoms with Gasteiger partial charge < -0.3 is 14.7 Å². The van der Waals surface area contributed by atoms with Crippen LogP contribution in [0.25, 0.3) is 11.5 Å². The summed E-state index contributed by atoms with van der Waals surface area (Å²) in [5.41, 5.74) is 0.568. The van der Waals surface area contributed by atoms with Crippen molar-refractivity contribution in [1.82, 2.24) is 25.3 Å². The standard InChI is InChI=1S/C15H21N5O4S/c1-4-25(22,23)10-9-20(3)15(21)17-11(2)14-18-13(19-24-14)12-7-5-6-8-16-12/h5-8,11H,4,9-10H2,1-3H3,(H,17,21)/t11-/m0/s1. The third-order valence-corrected chi connectivity index (χ3v) is 5.25. The normalized spacial score (nSPS) is 12.6. The van der Waals surface area contributed by atoms with Crippen LogP contribution in [0.15, 0.2) is 28.9 Å². The van der Waals surface area contributed by atoms with Crippen LogP contribution in [0.4, 0.5) is 4.79 Å². The van der Waals surface area contributed by atoms with Crippen LogP contribution in [0.1, 0.15) is 25.8 Å². The molecule has 1 atom stereocenters. The maximum absolute atomic E-state index is 12.1. The van der Waals surface area contributed by atoms with Crippen LogP contribution in [-0.4, -0.2) is 59.6 Å². The summed E-state index contributed by atoms with van der Waals surface area (Å²) in [5, 5.41) is 6.54. The second-order valence-corrected chi connectivity index (χ2v) is 7.97. The summed E-state index contributed by atoms with van der Waals surface area (Å²) in [7, 11) is -1.60. The molecule has 0 fully saturated rings. The van der Waals surface area contributed by atoms with Gasteiger partial charge in [0.25, 0.3) is 0 Å². The van der Waals surface area contributed by atoms with Crippen LogP contribution in [0, 0.1) is 0 Å². The number of carbonyl (C=O) groups is 1. The number of nitrogens with one attached hydrogen (secondary N) is 1. The van der Waals surface area contributed by atoms with E-state index in [1.165, 1.54) is 11.9 Å². The fourth-order valence-corrected chi connectivity index (χ4v) is 2.73. The zero-order chi connectivity index (χ0) is 18.4. The quantitative estimate of drug-likeness (QED) is 0.782. The summed E-state index contributed by atoms with van der Waals surface area (Å²) in [6, 6.07) is 4.39. The van der Waals surface area contributed by atoms with Crippen LogP contribution in [0.3, 0.4) is 0 Å². The fourth-order valence-electron chi connectivity index (χ4n) is 1.89. The first-order valence-corrected chi connectivity index (χ1v) is 9.61. The SMILES string of the molecule is CCS(=O)(=O)CCN(C)C(=O)N[C@@H](C)c1nc(-c2ccccn2)no1. The second-order valence-electron chi connectivity index (χ2n) is 5.50. The van der Waals surface area contributed by atoms with Crippen molar-refractivity contribution in [3.05, 3.63) is 30.3 Å². The predicted octanol–water partition coefficient (Wildman–Crippen LogP) is 1.27. The number of aromatic nitrogens is 3. The third-order valence-electron chi connectivity index (χ3n) is 3.57. The van der Waals surface area contributed by atoms with E-state index in [9.17, 15) is 13.2 Å². The molecule has 10 heteroatoms. The number of hydrogen-bond donors (Lipinski definition) is 1. The molecule has 0 saturated carbocycles. The zero-order valence-electron chi connectivity index (χ0n) is 14.3. The first-order valence-electron chi connectivity index (χ1n) is 7.79. The van der Waals surface area contributed by atoms with Gasteiger partial charge in [0, 0.05) is 25.5 Å². The molecule has 25 heavy (non-hydrogen) atoms. The van der Waals surface area contributed by atoms with E-state index in [0.717, 1.165) is 0 Å². The average Bonchev–Trinajstić information content (AvgIpc) is 3.10. The van der Waals surface area contributed by atoms with Crippen molar-refractivity contribution in [3.8, 4) is 11.5 Å². The van der Waals surface area contributed by atoms with E-state index in [-0.39, 0.29) is 23.9 Å². The van der Waals surface area contributed by atoms with Gasteiger partial charge in [-0.1, -0.05) is 18.1 Å². The molecule has 0 radical (unpaired) electrons. The number of pyridine rings is 1. The molecule has 2 amide bonds. The van der Waals surface area contributed by atoms with Gasteiger partial charge in [0.05, 0.1) is 5.75 Å². The Balaban J connectivity index is 1.94. The Morgan fingerprint density at radius 1 is 1.40 bits per heavy atom. The van der Waals surface area contributed by atoms with Crippen molar-refractivity contribution in [2.24, 2.45) is 0 Å². The van der Waals surface area contributed by atoms with E-state index in [1.807, 2.05) is 6.07 Å². The topological polar surface area (TPSA) is 118 Å². The summed E-state index contributed by atoms with van der Waals surface area (Å²) < 4.78 is 28.2. The molecule has 0 aromatic carbocycles. The molecule has 0 bridgehead atoms. The lowest BCUT2D eigenvalue weighted by Gasteiger charge is -2.19. The summed E-state index contributed by atoms with van der Waals surface area (Å²) in [6.07, 6.45) is 1.62. The zero-order valence-corrected chi connectivity index (χ0v) is 15.2. The molecular weight excluding hydrogens is 346 g/mol. The van der Waals surface area contributed by atoms with Gasteiger partial charge in [-0.15, -0.1) is 0 Å². The molecule has 9 nitrogen and oxygen atoms in total. The number of urea groups is 1. The van der Waals surface area contributed by atoms with Gasteiger partial charge in [0.2, 0.25) is 11.7 Å². The summed E-state index contributed by atoms with van der Waals surface area (Å²) >= 11 is 0. The van der Waals surface area contributed by atoms with Crippen molar-refractivity contribution < 1.29 is 17.7 Å². The van der Waals surface area contributed by atoms with Gasteiger partial charge >= 0.3 is 6.03 Å². The van der Waals surface area contributed by atoms with E-state index in [2.05, 4.69) is 20.4 Å². The van der Waals surface area contributed by atoms with E-state index < -0.39 is 21.9 Å². The number of carbonyl (C=O) groups excluding carboxylic acids is 1. The maximum Gasteiger partial charge on any atom is 0.317 e. The van der Waals surface area contributed by atoms with Crippen molar-refractivity contribution in [2.45, 2.75) is 19.9 Å². The average molecular weight is 367 g/mol. The van der Waals surface area contributed by atoms with Gasteiger partial charge in [-0.3, -0.25) is 4.98 Å². The van der Waals surface area contributed by atoms with E-state index in [0.29, 0.717) is 11.5 Å². The molecule has 0 spiro atoms. The number of nitrogens with zero attached hydrogens (tertiary/aromatic N) is 4. The molecule has 2 heterocycles. The predicted molar refractivity (Wildman–Crippen MR) is 91.4 cm³/mol. The van der Waals surface area contributed by atoms with Crippen molar-refractivity contribution in [3.63, 3.8) is 0 Å². The Labute approximate surface area is 146 Å². The van der Waals surface area contributed by atoms with Crippen molar-refractivity contribution in [2.75, 3.05) is 25.1 Å². The first kappa shape index (κ1) is 18.8. The molecule has 2 rings (SSSR count). The number of amides is 2. The number of hydrogen-bond acceptors (Lipinski definition) is 7. The molecule has 0 saturated heterocycles. The number of rotatable bonds is 7. The van der Waals surface area contributed by atoms with Crippen molar-refractivity contribution in [1.29, 1.82) is 0 Å². The van der Waals surface area contributed by atoms with Crippen LogP contribution in [-0.2, 0) is 9.84 Å². The van der Waals surface area contributed by atoms with Gasteiger partial charge in [-0.25, -0.2) is 13.2 Å². The highest BCUT2D eigenvalue weighted by molar-refractivity contribution is 7.91. The Bertz CT molecular complexity index is 806. The van der Waals surface area contributed by atoms with Gasteiger partial charge in [0.15, 0.2) is 9.84 Å². The maximum atomic E-state index is 12.1. The molecule has 0 aliphatic rings. The lowest BCUT2D eigenvalue weighted by molar-refractivity contribution is 0.204. The monoisotopic (exact) mass is 367 g/mol. The summed E-state index contributed by atoms with van der Waals surface area (Å²) in [6.45, 7) is 3.38. The van der Waals surface area contributed by atoms with Crippen LogP contribution in [0.5, 0.6) is 0 Å². The molecule has 1 N–H and O–H groups in total. The highest BCUT2D eigenvalue weighted by Crippen LogP contribution is 2.16. The Hall–Kier alpha value is -2.49. The largest absolute Gasteiger partial charge is 0.337 e. The molecule has 0 aliphatic heterocycles. The smallest absolute Gasteiger partial charge is 0.317 e. The molecule has 0 aliphatic carbocycles. The van der Waals surface area contributed by atoms with Gasteiger partial charge in [-0.2, -0.15) is 4.98 Å². The lowest BCUT2D eigenvalue weighted by atomic mass is 10.3. The number of sulfone groups is 1. The van der Waals surface area contributed by atoms with Crippen LogP contribution < -0.4 is 5.32 Å². The summed E-state index contributed by atoms with van der Waals surface area (Å²) in [4.78, 5) is 21.8. The first-order chi connectivity index (χ1) is 11.8. The second kappa shape index (κ2) is 8.06. The molecule has 2 aromatic heterocycles. The Morgan fingerprint density at radius 2 is 2.16 bits per heavy atom. The van der Waals surface area contributed by atoms with E-state index in [1.54, 1.807) is 32.2 Å².